The monoisotopic (exact) mass is 941 g/mol. The van der Waals surface area contributed by atoms with Crippen LogP contribution in [0.2, 0.25) is 0 Å². The van der Waals surface area contributed by atoms with Gasteiger partial charge >= 0.3 is 0 Å². The summed E-state index contributed by atoms with van der Waals surface area (Å²) in [4.78, 5) is 2.48. The fourth-order valence-corrected chi connectivity index (χ4v) is 11.4. The van der Waals surface area contributed by atoms with E-state index in [1.165, 1.54) is 77.9 Å². The number of fused-ring (bicyclic) bond motifs is 3. The van der Waals surface area contributed by atoms with Gasteiger partial charge in [-0.3, -0.25) is 0 Å². The van der Waals surface area contributed by atoms with Crippen molar-refractivity contribution in [3.05, 3.63) is 332 Å². The van der Waals surface area contributed by atoms with Crippen LogP contribution in [0.4, 0.5) is 17.1 Å². The van der Waals surface area contributed by atoms with Crippen molar-refractivity contribution in [2.24, 2.45) is 0 Å². The summed E-state index contributed by atoms with van der Waals surface area (Å²) in [6.07, 6.45) is 0. The maximum Gasteiger partial charge on any atom is 0.0714 e. The molecule has 74 heavy (non-hydrogen) atoms. The molecule has 0 atom stereocenters. The van der Waals surface area contributed by atoms with Crippen LogP contribution in [0.3, 0.4) is 0 Å². The maximum absolute atomic E-state index is 2.52. The van der Waals surface area contributed by atoms with Gasteiger partial charge in [0.25, 0.3) is 0 Å². The van der Waals surface area contributed by atoms with Crippen LogP contribution >= 0.6 is 0 Å². The highest BCUT2D eigenvalue weighted by Crippen LogP contribution is 2.59. The van der Waals surface area contributed by atoms with Gasteiger partial charge in [-0.05, 0) is 131 Å². The fraction of sp³-hybridized carbons (Fsp3) is 0.0137. The number of hydrogen-bond acceptors (Lipinski definition) is 1. The molecule has 0 bridgehead atoms. The highest BCUT2D eigenvalue weighted by atomic mass is 15.1. The minimum Gasteiger partial charge on any atom is -0.310 e. The standard InChI is InChI=1S/C73H51N/c1-6-18-52(19-7-1)55-30-34-58(35-31-55)60-42-46-65(47-43-60)74(66-48-44-61(45-49-66)59-36-32-56(33-37-59)53-20-8-2-9-21-53)72-51-71-69(50-68(72)62-40-38-57(39-41-62)54-22-10-3-11-23-54)67-28-16-17-29-70(67)73(71,63-24-12-4-13-25-63)64-26-14-5-15-27-64/h1-51H. The normalized spacial score (nSPS) is 12.2. The smallest absolute Gasteiger partial charge is 0.0714 e. The Hall–Kier alpha value is -9.56. The van der Waals surface area contributed by atoms with Gasteiger partial charge in [-0.1, -0.05) is 273 Å². The Labute approximate surface area is 434 Å². The molecule has 0 amide bonds. The molecule has 1 aliphatic rings. The molecule has 0 saturated heterocycles. The summed E-state index contributed by atoms with van der Waals surface area (Å²) in [5, 5.41) is 0. The average molecular weight is 942 g/mol. The Kier molecular flexibility index (Phi) is 11.5. The fourth-order valence-electron chi connectivity index (χ4n) is 11.4. The summed E-state index contributed by atoms with van der Waals surface area (Å²) in [7, 11) is 0. The molecule has 0 saturated carbocycles. The van der Waals surface area contributed by atoms with Crippen LogP contribution in [0.25, 0.3) is 77.9 Å². The molecule has 0 aliphatic heterocycles. The lowest BCUT2D eigenvalue weighted by molar-refractivity contribution is 0.768. The Balaban J connectivity index is 1.02. The number of anilines is 3. The summed E-state index contributed by atoms with van der Waals surface area (Å²) in [6, 6.07) is 113. The van der Waals surface area contributed by atoms with Crippen molar-refractivity contribution in [3.8, 4) is 77.9 Å². The van der Waals surface area contributed by atoms with E-state index in [0.717, 1.165) is 39.3 Å². The Bertz CT molecular complexity index is 3680. The van der Waals surface area contributed by atoms with Gasteiger partial charge in [-0.15, -0.1) is 0 Å². The first-order chi connectivity index (χ1) is 36.7. The average Bonchev–Trinajstić information content (AvgIpc) is 3.87. The third-order valence-electron chi connectivity index (χ3n) is 15.0. The van der Waals surface area contributed by atoms with Gasteiger partial charge in [0, 0.05) is 16.9 Å². The van der Waals surface area contributed by atoms with E-state index in [1.54, 1.807) is 0 Å². The Morgan fingerprint density at radius 2 is 0.500 bits per heavy atom. The molecule has 0 fully saturated rings. The Morgan fingerprint density at radius 1 is 0.203 bits per heavy atom. The molecule has 12 aromatic rings. The van der Waals surface area contributed by atoms with E-state index < -0.39 is 5.41 Å². The zero-order valence-electron chi connectivity index (χ0n) is 40.9. The van der Waals surface area contributed by atoms with Crippen LogP contribution < -0.4 is 4.90 Å². The second kappa shape index (κ2) is 19.2. The van der Waals surface area contributed by atoms with Crippen LogP contribution in [-0.2, 0) is 5.41 Å². The van der Waals surface area contributed by atoms with Crippen molar-refractivity contribution in [1.29, 1.82) is 0 Å². The molecule has 348 valence electrons. The van der Waals surface area contributed by atoms with Crippen LogP contribution in [0.5, 0.6) is 0 Å². The van der Waals surface area contributed by atoms with Gasteiger partial charge in [0.1, 0.15) is 0 Å². The van der Waals surface area contributed by atoms with E-state index in [9.17, 15) is 0 Å². The van der Waals surface area contributed by atoms with Crippen molar-refractivity contribution < 1.29 is 0 Å². The molecular weight excluding hydrogens is 891 g/mol. The molecular formula is C73H51N. The van der Waals surface area contributed by atoms with E-state index >= 15 is 0 Å². The molecule has 0 spiro atoms. The van der Waals surface area contributed by atoms with Crippen molar-refractivity contribution in [2.45, 2.75) is 5.41 Å². The van der Waals surface area contributed by atoms with E-state index in [4.69, 9.17) is 0 Å². The summed E-state index contributed by atoms with van der Waals surface area (Å²) in [5.74, 6) is 0. The molecule has 0 radical (unpaired) electrons. The lowest BCUT2D eigenvalue weighted by atomic mass is 9.67. The van der Waals surface area contributed by atoms with Gasteiger partial charge in [0.15, 0.2) is 0 Å². The largest absolute Gasteiger partial charge is 0.310 e. The van der Waals surface area contributed by atoms with E-state index in [2.05, 4.69) is 314 Å². The topological polar surface area (TPSA) is 3.24 Å². The number of rotatable bonds is 11. The van der Waals surface area contributed by atoms with Gasteiger partial charge in [0.2, 0.25) is 0 Å². The summed E-state index contributed by atoms with van der Waals surface area (Å²) >= 11 is 0. The summed E-state index contributed by atoms with van der Waals surface area (Å²) in [5.41, 5.74) is 24.3. The van der Waals surface area contributed by atoms with Gasteiger partial charge in [0.05, 0.1) is 11.1 Å². The second-order valence-electron chi connectivity index (χ2n) is 19.2. The predicted octanol–water partition coefficient (Wildman–Crippen LogP) is 19.5. The molecule has 1 heteroatoms. The van der Waals surface area contributed by atoms with Crippen LogP contribution in [-0.4, -0.2) is 0 Å². The molecule has 0 aromatic heterocycles. The molecule has 1 aliphatic carbocycles. The SMILES string of the molecule is c1ccc(-c2ccc(-c3ccc(N(c4ccc(-c5ccc(-c6ccccc6)cc5)cc4)c4cc5c(cc4-c4ccc(-c6ccccc6)cc4)-c4ccccc4C5(c4ccccc4)c4ccccc4)cc3)cc2)cc1. The quantitative estimate of drug-likeness (QED) is 0.125. The zero-order valence-corrected chi connectivity index (χ0v) is 40.9. The number of hydrogen-bond donors (Lipinski definition) is 0. The first kappa shape index (κ1) is 44.4. The van der Waals surface area contributed by atoms with Crippen LogP contribution in [0.15, 0.2) is 309 Å². The number of benzene rings is 12. The summed E-state index contributed by atoms with van der Waals surface area (Å²) in [6.45, 7) is 0. The van der Waals surface area contributed by atoms with Gasteiger partial charge in [-0.25, -0.2) is 0 Å². The second-order valence-corrected chi connectivity index (χ2v) is 19.2. The third kappa shape index (κ3) is 8.02. The number of nitrogens with zero attached hydrogens (tertiary/aromatic N) is 1. The van der Waals surface area contributed by atoms with E-state index in [0.29, 0.717) is 0 Å². The Morgan fingerprint density at radius 3 is 0.878 bits per heavy atom. The molecule has 0 N–H and O–H groups in total. The van der Waals surface area contributed by atoms with Crippen molar-refractivity contribution in [3.63, 3.8) is 0 Å². The highest BCUT2D eigenvalue weighted by molar-refractivity contribution is 5.97. The van der Waals surface area contributed by atoms with Crippen molar-refractivity contribution >= 4 is 17.1 Å². The lowest BCUT2D eigenvalue weighted by Gasteiger charge is -2.35. The van der Waals surface area contributed by atoms with E-state index in [1.807, 2.05) is 0 Å². The van der Waals surface area contributed by atoms with Gasteiger partial charge in [-0.2, -0.15) is 0 Å². The van der Waals surface area contributed by atoms with E-state index in [-0.39, 0.29) is 0 Å². The lowest BCUT2D eigenvalue weighted by Crippen LogP contribution is -2.28. The van der Waals surface area contributed by atoms with Crippen LogP contribution in [0, 0.1) is 0 Å². The molecule has 0 heterocycles. The zero-order chi connectivity index (χ0) is 49.3. The molecule has 12 aromatic carbocycles. The first-order valence-corrected chi connectivity index (χ1v) is 25.6. The minimum absolute atomic E-state index is 0.587. The predicted molar refractivity (Wildman–Crippen MR) is 311 cm³/mol. The van der Waals surface area contributed by atoms with Crippen molar-refractivity contribution in [2.75, 3.05) is 4.90 Å². The van der Waals surface area contributed by atoms with Crippen molar-refractivity contribution in [1.82, 2.24) is 0 Å². The van der Waals surface area contributed by atoms with Gasteiger partial charge < -0.3 is 4.90 Å². The molecule has 13 rings (SSSR count). The molecule has 0 unspecified atom stereocenters. The first-order valence-electron chi connectivity index (χ1n) is 25.6. The minimum atomic E-state index is -0.587. The molecule has 1 nitrogen and oxygen atoms in total. The van der Waals surface area contributed by atoms with Crippen LogP contribution in [0.1, 0.15) is 22.3 Å². The highest BCUT2D eigenvalue weighted by Gasteiger charge is 2.47. The third-order valence-corrected chi connectivity index (χ3v) is 15.0. The summed E-state index contributed by atoms with van der Waals surface area (Å²) < 4.78 is 0. The maximum atomic E-state index is 2.52.